The smallest absolute Gasteiger partial charge is 0.256 e. The van der Waals surface area contributed by atoms with Crippen LogP contribution in [0.2, 0.25) is 0 Å². The molecular formula is C20H25N3O3. The molecule has 0 saturated carbocycles. The van der Waals surface area contributed by atoms with E-state index in [2.05, 4.69) is 9.97 Å². The average molecular weight is 355 g/mol. The Balaban J connectivity index is 1.67. The Morgan fingerprint density at radius 2 is 2.19 bits per heavy atom. The molecule has 0 radical (unpaired) electrons. The van der Waals surface area contributed by atoms with Crippen molar-refractivity contribution in [2.75, 3.05) is 13.1 Å². The average Bonchev–Trinajstić information content (AvgIpc) is 2.95. The number of amides is 1. The topological polar surface area (TPSA) is 75.3 Å². The molecule has 1 fully saturated rings. The second kappa shape index (κ2) is 7.83. The Morgan fingerprint density at radius 1 is 1.38 bits per heavy atom. The summed E-state index contributed by atoms with van der Waals surface area (Å²) in [7, 11) is 0. The summed E-state index contributed by atoms with van der Waals surface area (Å²) in [6.07, 6.45) is 5.39. The summed E-state index contributed by atoms with van der Waals surface area (Å²) >= 11 is 0. The van der Waals surface area contributed by atoms with E-state index >= 15 is 0 Å². The monoisotopic (exact) mass is 355 g/mol. The first-order chi connectivity index (χ1) is 12.5. The zero-order valence-electron chi connectivity index (χ0n) is 15.5. The molecule has 2 aromatic rings. The Bertz CT molecular complexity index is 798. The number of carbonyl (C=O) groups excluding carboxylic acids is 2. The SMILES string of the molecule is CC(=O)c1[nH]c(C)c(C(=O)N2CCC[C@@H](OCc3cccnc3)C2)c1C. The Kier molecular flexibility index (Phi) is 5.52. The van der Waals surface area contributed by atoms with Gasteiger partial charge in [-0.25, -0.2) is 0 Å². The number of hydrogen-bond donors (Lipinski definition) is 1. The van der Waals surface area contributed by atoms with Crippen molar-refractivity contribution in [3.63, 3.8) is 0 Å². The lowest BCUT2D eigenvalue weighted by Crippen LogP contribution is -2.43. The van der Waals surface area contributed by atoms with Crippen LogP contribution in [-0.2, 0) is 11.3 Å². The number of H-pyrrole nitrogens is 1. The number of nitrogens with one attached hydrogen (secondary N) is 1. The van der Waals surface area contributed by atoms with Gasteiger partial charge in [-0.3, -0.25) is 14.6 Å². The van der Waals surface area contributed by atoms with Gasteiger partial charge in [0.15, 0.2) is 5.78 Å². The first-order valence-electron chi connectivity index (χ1n) is 8.97. The summed E-state index contributed by atoms with van der Waals surface area (Å²) in [4.78, 5) is 33.7. The fourth-order valence-corrected chi connectivity index (χ4v) is 3.54. The summed E-state index contributed by atoms with van der Waals surface area (Å²) in [5.74, 6) is -0.0839. The minimum atomic E-state index is -0.0547. The number of piperidine rings is 1. The predicted octanol–water partition coefficient (Wildman–Crippen LogP) is 3.05. The number of likely N-dealkylation sites (tertiary alicyclic amines) is 1. The number of pyridine rings is 1. The molecular weight excluding hydrogens is 330 g/mol. The molecule has 1 aliphatic heterocycles. The van der Waals surface area contributed by atoms with Crippen molar-refractivity contribution in [1.82, 2.24) is 14.9 Å². The fraction of sp³-hybridized carbons (Fsp3) is 0.450. The number of aromatic nitrogens is 2. The number of aromatic amines is 1. The number of ketones is 1. The molecule has 0 spiro atoms. The van der Waals surface area contributed by atoms with E-state index < -0.39 is 0 Å². The maximum Gasteiger partial charge on any atom is 0.256 e. The van der Waals surface area contributed by atoms with Gasteiger partial charge in [0.05, 0.1) is 24.0 Å². The van der Waals surface area contributed by atoms with Crippen LogP contribution >= 0.6 is 0 Å². The lowest BCUT2D eigenvalue weighted by atomic mass is 10.0. The summed E-state index contributed by atoms with van der Waals surface area (Å²) < 4.78 is 5.99. The van der Waals surface area contributed by atoms with Crippen molar-refractivity contribution in [1.29, 1.82) is 0 Å². The number of ether oxygens (including phenoxy) is 1. The first kappa shape index (κ1) is 18.3. The van der Waals surface area contributed by atoms with Crippen molar-refractivity contribution in [2.24, 2.45) is 0 Å². The van der Waals surface area contributed by atoms with Crippen molar-refractivity contribution >= 4 is 11.7 Å². The highest BCUT2D eigenvalue weighted by Gasteiger charge is 2.29. The second-order valence-electron chi connectivity index (χ2n) is 6.87. The Hall–Kier alpha value is -2.47. The van der Waals surface area contributed by atoms with Gasteiger partial charge in [-0.15, -0.1) is 0 Å². The molecule has 138 valence electrons. The third-order valence-electron chi connectivity index (χ3n) is 4.88. The number of Topliss-reactive ketones (excluding diaryl/α,β-unsaturated/α-hetero) is 1. The van der Waals surface area contributed by atoms with Crippen molar-refractivity contribution in [3.8, 4) is 0 Å². The molecule has 0 unspecified atom stereocenters. The van der Waals surface area contributed by atoms with Gasteiger partial charge in [0.2, 0.25) is 0 Å². The Morgan fingerprint density at radius 3 is 2.85 bits per heavy atom. The van der Waals surface area contributed by atoms with E-state index in [0.29, 0.717) is 31.0 Å². The number of hydrogen-bond acceptors (Lipinski definition) is 4. The van der Waals surface area contributed by atoms with Gasteiger partial charge in [0, 0.05) is 38.1 Å². The van der Waals surface area contributed by atoms with E-state index in [1.54, 1.807) is 12.4 Å². The minimum absolute atomic E-state index is 0.0136. The molecule has 0 aromatic carbocycles. The molecule has 26 heavy (non-hydrogen) atoms. The molecule has 0 bridgehead atoms. The fourth-order valence-electron chi connectivity index (χ4n) is 3.54. The molecule has 3 heterocycles. The quantitative estimate of drug-likeness (QED) is 0.837. The highest BCUT2D eigenvalue weighted by Crippen LogP contribution is 2.23. The lowest BCUT2D eigenvalue weighted by Gasteiger charge is -2.33. The summed E-state index contributed by atoms with van der Waals surface area (Å²) in [5, 5.41) is 0. The Labute approximate surface area is 153 Å². The molecule has 1 atom stereocenters. The van der Waals surface area contributed by atoms with E-state index in [9.17, 15) is 9.59 Å². The lowest BCUT2D eigenvalue weighted by molar-refractivity contribution is -0.00685. The second-order valence-corrected chi connectivity index (χ2v) is 6.87. The maximum atomic E-state index is 13.0. The van der Waals surface area contributed by atoms with E-state index in [-0.39, 0.29) is 17.8 Å². The summed E-state index contributed by atoms with van der Waals surface area (Å²) in [5.41, 5.74) is 3.64. The molecule has 6 nitrogen and oxygen atoms in total. The van der Waals surface area contributed by atoms with E-state index in [0.717, 1.165) is 29.7 Å². The maximum absolute atomic E-state index is 13.0. The van der Waals surface area contributed by atoms with Crippen LogP contribution in [0, 0.1) is 13.8 Å². The molecule has 0 aliphatic carbocycles. The van der Waals surface area contributed by atoms with Crippen molar-refractivity contribution in [2.45, 2.75) is 46.3 Å². The normalized spacial score (nSPS) is 17.3. The number of carbonyl (C=O) groups is 2. The van der Waals surface area contributed by atoms with E-state index in [4.69, 9.17) is 4.74 Å². The number of nitrogens with zero attached hydrogens (tertiary/aromatic N) is 2. The standard InChI is InChI=1S/C20H25N3O3/c1-13-18(14(2)22-19(13)15(3)24)20(25)23-9-5-7-17(11-23)26-12-16-6-4-8-21-10-16/h4,6,8,10,17,22H,5,7,9,11-12H2,1-3H3/t17-/m1/s1. The van der Waals surface area contributed by atoms with Gasteiger partial charge in [-0.1, -0.05) is 6.07 Å². The largest absolute Gasteiger partial charge is 0.372 e. The highest BCUT2D eigenvalue weighted by atomic mass is 16.5. The number of aryl methyl sites for hydroxylation is 1. The minimum Gasteiger partial charge on any atom is -0.372 e. The molecule has 1 amide bonds. The zero-order valence-corrected chi connectivity index (χ0v) is 15.5. The molecule has 1 saturated heterocycles. The van der Waals surface area contributed by atoms with Gasteiger partial charge in [0.25, 0.3) is 5.91 Å². The van der Waals surface area contributed by atoms with Crippen LogP contribution in [0.5, 0.6) is 0 Å². The van der Waals surface area contributed by atoms with Crippen LogP contribution < -0.4 is 0 Å². The van der Waals surface area contributed by atoms with Crippen LogP contribution in [0.15, 0.2) is 24.5 Å². The van der Waals surface area contributed by atoms with Crippen LogP contribution in [0.1, 0.15) is 57.4 Å². The van der Waals surface area contributed by atoms with Crippen molar-refractivity contribution in [3.05, 3.63) is 52.6 Å². The van der Waals surface area contributed by atoms with Gasteiger partial charge < -0.3 is 14.6 Å². The summed E-state index contributed by atoms with van der Waals surface area (Å²) in [6.45, 7) is 6.96. The first-order valence-corrected chi connectivity index (χ1v) is 8.97. The molecule has 6 heteroatoms. The van der Waals surface area contributed by atoms with Crippen LogP contribution in [-0.4, -0.2) is 45.8 Å². The van der Waals surface area contributed by atoms with E-state index in [1.165, 1.54) is 6.92 Å². The highest BCUT2D eigenvalue weighted by molar-refractivity contribution is 6.02. The van der Waals surface area contributed by atoms with Gasteiger partial charge >= 0.3 is 0 Å². The van der Waals surface area contributed by atoms with Gasteiger partial charge in [-0.2, -0.15) is 0 Å². The van der Waals surface area contributed by atoms with Gasteiger partial charge in [-0.05, 0) is 43.9 Å². The van der Waals surface area contributed by atoms with Crippen LogP contribution in [0.4, 0.5) is 0 Å². The molecule has 3 rings (SSSR count). The van der Waals surface area contributed by atoms with Crippen LogP contribution in [0.25, 0.3) is 0 Å². The molecule has 2 aromatic heterocycles. The molecule has 1 aliphatic rings. The number of rotatable bonds is 5. The third kappa shape index (κ3) is 3.85. The third-order valence-corrected chi connectivity index (χ3v) is 4.88. The van der Waals surface area contributed by atoms with E-state index in [1.807, 2.05) is 30.9 Å². The zero-order chi connectivity index (χ0) is 18.7. The van der Waals surface area contributed by atoms with Crippen molar-refractivity contribution < 1.29 is 14.3 Å². The summed E-state index contributed by atoms with van der Waals surface area (Å²) in [6, 6.07) is 3.87. The molecule has 1 N–H and O–H groups in total. The van der Waals surface area contributed by atoms with Gasteiger partial charge in [0.1, 0.15) is 0 Å². The van der Waals surface area contributed by atoms with Crippen LogP contribution in [0.3, 0.4) is 0 Å². The predicted molar refractivity (Wildman–Crippen MR) is 98.2 cm³/mol.